The van der Waals surface area contributed by atoms with E-state index < -0.39 is 0 Å². The summed E-state index contributed by atoms with van der Waals surface area (Å²) in [4.78, 5) is 3.10. The van der Waals surface area contributed by atoms with Gasteiger partial charge in [0.05, 0.1) is 7.11 Å². The number of halogens is 3. The maximum Gasteiger partial charge on any atom is 0.162 e. The number of likely N-dealkylation sites (tertiary alicyclic amines) is 1. The highest BCUT2D eigenvalue weighted by molar-refractivity contribution is 9.10. The van der Waals surface area contributed by atoms with Crippen LogP contribution in [0.5, 0.6) is 11.5 Å². The van der Waals surface area contributed by atoms with Gasteiger partial charge in [0, 0.05) is 38.7 Å². The molecule has 0 aromatic heterocycles. The monoisotopic (exact) mass is 487 g/mol. The van der Waals surface area contributed by atoms with Gasteiger partial charge in [-0.1, -0.05) is 41.5 Å². The number of hydrogen-bond donors (Lipinski definition) is 0. The Bertz CT molecular complexity index is 841. The van der Waals surface area contributed by atoms with Gasteiger partial charge in [0.1, 0.15) is 11.6 Å². The Balaban J connectivity index is 1.80. The zero-order chi connectivity index (χ0) is 19.4. The lowest BCUT2D eigenvalue weighted by molar-refractivity contribution is 0.284. The van der Waals surface area contributed by atoms with Gasteiger partial charge in [-0.2, -0.15) is 0 Å². The standard InChI is InChI=1S/C20H20BrCl2NO2S/c1-25-18-10-15(20(27)24-7-3-2-4-8-24)16(21)11-19(18)26-12-13-5-6-14(22)9-17(13)23/h5-6,9-11H,2-4,7-8,12H2,1H3. The van der Waals surface area contributed by atoms with Crippen LogP contribution in [0.2, 0.25) is 10.0 Å². The molecule has 0 radical (unpaired) electrons. The molecule has 0 saturated carbocycles. The van der Waals surface area contributed by atoms with Crippen LogP contribution in [0.15, 0.2) is 34.8 Å². The normalized spacial score (nSPS) is 14.1. The molecule has 27 heavy (non-hydrogen) atoms. The van der Waals surface area contributed by atoms with E-state index in [-0.39, 0.29) is 0 Å². The molecule has 0 amide bonds. The van der Waals surface area contributed by atoms with E-state index >= 15 is 0 Å². The fourth-order valence-electron chi connectivity index (χ4n) is 3.03. The SMILES string of the molecule is COc1cc(C(=S)N2CCCCC2)c(Br)cc1OCc1ccc(Cl)cc1Cl. The molecule has 1 fully saturated rings. The molecule has 3 rings (SSSR count). The minimum absolute atomic E-state index is 0.314. The summed E-state index contributed by atoms with van der Waals surface area (Å²) in [6, 6.07) is 9.18. The summed E-state index contributed by atoms with van der Waals surface area (Å²) in [5.41, 5.74) is 1.80. The first kappa shape index (κ1) is 20.7. The average molecular weight is 489 g/mol. The predicted molar refractivity (Wildman–Crippen MR) is 119 cm³/mol. The topological polar surface area (TPSA) is 21.7 Å². The number of ether oxygens (including phenoxy) is 2. The highest BCUT2D eigenvalue weighted by Crippen LogP contribution is 2.35. The molecule has 0 bridgehead atoms. The van der Waals surface area contributed by atoms with Crippen LogP contribution < -0.4 is 9.47 Å². The summed E-state index contributed by atoms with van der Waals surface area (Å²) in [6.07, 6.45) is 3.62. The van der Waals surface area contributed by atoms with Crippen LogP contribution in [0.3, 0.4) is 0 Å². The third-order valence-electron chi connectivity index (χ3n) is 4.53. The fraction of sp³-hybridized carbons (Fsp3) is 0.350. The van der Waals surface area contributed by atoms with Crippen molar-refractivity contribution in [3.05, 3.63) is 56.0 Å². The van der Waals surface area contributed by atoms with Crippen molar-refractivity contribution in [2.75, 3.05) is 20.2 Å². The predicted octanol–water partition coefficient (Wildman–Crippen LogP) is 6.50. The van der Waals surface area contributed by atoms with E-state index in [0.29, 0.717) is 28.2 Å². The minimum atomic E-state index is 0.314. The number of hydrogen-bond acceptors (Lipinski definition) is 3. The van der Waals surface area contributed by atoms with Crippen molar-refractivity contribution >= 4 is 56.3 Å². The second kappa shape index (κ2) is 9.46. The van der Waals surface area contributed by atoms with Gasteiger partial charge in [-0.3, -0.25) is 0 Å². The Morgan fingerprint density at radius 1 is 1.11 bits per heavy atom. The molecule has 0 atom stereocenters. The molecule has 7 heteroatoms. The number of methoxy groups -OCH3 is 1. The number of rotatable bonds is 5. The van der Waals surface area contributed by atoms with Crippen LogP contribution in [-0.2, 0) is 6.61 Å². The quantitative estimate of drug-likeness (QED) is 0.447. The third kappa shape index (κ3) is 5.08. The van der Waals surface area contributed by atoms with Crippen LogP contribution in [0, 0.1) is 0 Å². The summed E-state index contributed by atoms with van der Waals surface area (Å²) in [7, 11) is 1.62. The van der Waals surface area contributed by atoms with Gasteiger partial charge in [0.15, 0.2) is 11.5 Å². The van der Waals surface area contributed by atoms with E-state index in [1.165, 1.54) is 19.3 Å². The summed E-state index contributed by atoms with van der Waals surface area (Å²) in [6.45, 7) is 2.32. The summed E-state index contributed by atoms with van der Waals surface area (Å²) < 4.78 is 12.4. The molecule has 1 aliphatic heterocycles. The van der Waals surface area contributed by atoms with Crippen molar-refractivity contribution in [3.63, 3.8) is 0 Å². The Labute approximate surface area is 183 Å². The third-order valence-corrected chi connectivity index (χ3v) is 6.25. The summed E-state index contributed by atoms with van der Waals surface area (Å²) in [5, 5.41) is 1.17. The zero-order valence-corrected chi connectivity index (χ0v) is 18.8. The van der Waals surface area contributed by atoms with Crippen LogP contribution >= 0.6 is 51.3 Å². The Hall–Kier alpha value is -1.01. The van der Waals surface area contributed by atoms with Gasteiger partial charge in [-0.15, -0.1) is 0 Å². The van der Waals surface area contributed by atoms with Crippen molar-refractivity contribution in [2.45, 2.75) is 25.9 Å². The first-order valence-corrected chi connectivity index (χ1v) is 10.7. The molecule has 0 N–H and O–H groups in total. The molecule has 0 spiro atoms. The number of benzene rings is 2. The van der Waals surface area contributed by atoms with E-state index in [0.717, 1.165) is 33.7 Å². The molecule has 144 valence electrons. The van der Waals surface area contributed by atoms with Gasteiger partial charge >= 0.3 is 0 Å². The van der Waals surface area contributed by atoms with Crippen molar-refractivity contribution in [1.82, 2.24) is 4.90 Å². The lowest BCUT2D eigenvalue weighted by Gasteiger charge is -2.29. The Morgan fingerprint density at radius 3 is 2.52 bits per heavy atom. The maximum absolute atomic E-state index is 6.23. The van der Waals surface area contributed by atoms with Crippen molar-refractivity contribution in [2.24, 2.45) is 0 Å². The van der Waals surface area contributed by atoms with Crippen LogP contribution in [-0.4, -0.2) is 30.1 Å². The van der Waals surface area contributed by atoms with Crippen LogP contribution in [0.4, 0.5) is 0 Å². The molecular weight excluding hydrogens is 469 g/mol. The second-order valence-electron chi connectivity index (χ2n) is 6.36. The molecule has 2 aromatic carbocycles. The molecule has 1 heterocycles. The molecule has 3 nitrogen and oxygen atoms in total. The van der Waals surface area contributed by atoms with E-state index in [1.54, 1.807) is 19.2 Å². The number of thiocarbonyl (C=S) groups is 1. The van der Waals surface area contributed by atoms with Crippen molar-refractivity contribution in [1.29, 1.82) is 0 Å². The second-order valence-corrected chi connectivity index (χ2v) is 8.44. The van der Waals surface area contributed by atoms with Gasteiger partial charge in [-0.25, -0.2) is 0 Å². The van der Waals surface area contributed by atoms with Crippen molar-refractivity contribution in [3.8, 4) is 11.5 Å². The molecular formula is C20H20BrCl2NO2S. The highest BCUT2D eigenvalue weighted by atomic mass is 79.9. The van der Waals surface area contributed by atoms with E-state index in [2.05, 4.69) is 20.8 Å². The zero-order valence-electron chi connectivity index (χ0n) is 14.9. The molecule has 0 unspecified atom stereocenters. The highest BCUT2D eigenvalue weighted by Gasteiger charge is 2.20. The van der Waals surface area contributed by atoms with Gasteiger partial charge in [0.2, 0.25) is 0 Å². The fourth-order valence-corrected chi connectivity index (χ4v) is 4.49. The van der Waals surface area contributed by atoms with E-state index in [9.17, 15) is 0 Å². The first-order chi connectivity index (χ1) is 13.0. The van der Waals surface area contributed by atoms with Gasteiger partial charge < -0.3 is 14.4 Å². The van der Waals surface area contributed by atoms with Crippen molar-refractivity contribution < 1.29 is 9.47 Å². The summed E-state index contributed by atoms with van der Waals surface area (Å²) >= 11 is 21.5. The number of piperidine rings is 1. The molecule has 1 aliphatic rings. The molecule has 1 saturated heterocycles. The molecule has 0 aliphatic carbocycles. The van der Waals surface area contributed by atoms with E-state index in [1.807, 2.05) is 18.2 Å². The largest absolute Gasteiger partial charge is 0.493 e. The lowest BCUT2D eigenvalue weighted by atomic mass is 10.1. The molecule has 2 aromatic rings. The van der Waals surface area contributed by atoms with Crippen LogP contribution in [0.25, 0.3) is 0 Å². The van der Waals surface area contributed by atoms with Crippen LogP contribution in [0.1, 0.15) is 30.4 Å². The first-order valence-electron chi connectivity index (χ1n) is 8.73. The smallest absolute Gasteiger partial charge is 0.162 e. The lowest BCUT2D eigenvalue weighted by Crippen LogP contribution is -2.35. The Kier molecular flexibility index (Phi) is 7.26. The Morgan fingerprint density at radius 2 is 1.85 bits per heavy atom. The average Bonchev–Trinajstić information content (AvgIpc) is 2.67. The maximum atomic E-state index is 6.23. The van der Waals surface area contributed by atoms with Gasteiger partial charge in [0.25, 0.3) is 0 Å². The minimum Gasteiger partial charge on any atom is -0.493 e. The van der Waals surface area contributed by atoms with E-state index in [4.69, 9.17) is 44.9 Å². The number of nitrogens with zero attached hydrogens (tertiary/aromatic N) is 1. The van der Waals surface area contributed by atoms with Gasteiger partial charge in [-0.05, 0) is 59.5 Å². The summed E-state index contributed by atoms with van der Waals surface area (Å²) in [5.74, 6) is 1.26.